The van der Waals surface area contributed by atoms with Gasteiger partial charge < -0.3 is 15.0 Å². The number of hydrogen-bond acceptors (Lipinski definition) is 3. The van der Waals surface area contributed by atoms with Crippen LogP contribution in [-0.4, -0.2) is 43.6 Å². The van der Waals surface area contributed by atoms with Crippen molar-refractivity contribution in [2.75, 3.05) is 26.7 Å². The first kappa shape index (κ1) is 16.8. The minimum Gasteiger partial charge on any atom is -0.494 e. The molecule has 1 fully saturated rings. The van der Waals surface area contributed by atoms with Gasteiger partial charge in [-0.1, -0.05) is 24.6 Å². The maximum atomic E-state index is 12.1. The number of para-hydroxylation sites is 1. The summed E-state index contributed by atoms with van der Waals surface area (Å²) in [5.74, 6) is 1.08. The molecule has 0 radical (unpaired) electrons. The summed E-state index contributed by atoms with van der Waals surface area (Å²) in [5, 5.41) is 3.05. The number of amides is 1. The van der Waals surface area contributed by atoms with Gasteiger partial charge in [0.2, 0.25) is 5.91 Å². The highest BCUT2D eigenvalue weighted by Gasteiger charge is 2.21. The van der Waals surface area contributed by atoms with Crippen molar-refractivity contribution in [3.8, 4) is 5.75 Å². The van der Waals surface area contributed by atoms with E-state index in [2.05, 4.69) is 23.3 Å². The van der Waals surface area contributed by atoms with Gasteiger partial charge in [0.1, 0.15) is 5.75 Å². The Morgan fingerprint density at radius 2 is 2.18 bits per heavy atom. The molecule has 1 atom stereocenters. The van der Waals surface area contributed by atoms with Gasteiger partial charge in [-0.2, -0.15) is 0 Å². The Hall–Kier alpha value is -1.55. The Morgan fingerprint density at radius 3 is 2.95 bits per heavy atom. The molecule has 1 aromatic rings. The van der Waals surface area contributed by atoms with Crippen LogP contribution >= 0.6 is 0 Å². The second kappa shape index (κ2) is 8.79. The lowest BCUT2D eigenvalue weighted by molar-refractivity contribution is -0.122. The van der Waals surface area contributed by atoms with Crippen molar-refractivity contribution in [1.82, 2.24) is 10.2 Å². The molecule has 1 unspecified atom stereocenters. The van der Waals surface area contributed by atoms with Crippen molar-refractivity contribution in [2.24, 2.45) is 0 Å². The minimum absolute atomic E-state index is 0.160. The second-order valence-electron chi connectivity index (χ2n) is 5.98. The Labute approximate surface area is 133 Å². The molecule has 4 nitrogen and oxygen atoms in total. The highest BCUT2D eigenvalue weighted by molar-refractivity contribution is 5.76. The van der Waals surface area contributed by atoms with Crippen LogP contribution in [0.3, 0.4) is 0 Å². The molecule has 0 bridgehead atoms. The van der Waals surface area contributed by atoms with Crippen LogP contribution in [0.15, 0.2) is 24.3 Å². The van der Waals surface area contributed by atoms with Crippen LogP contribution < -0.4 is 10.1 Å². The van der Waals surface area contributed by atoms with Crippen LogP contribution in [0, 0.1) is 0 Å². The molecular weight excluding hydrogens is 276 g/mol. The minimum atomic E-state index is 0.160. The summed E-state index contributed by atoms with van der Waals surface area (Å²) in [5.41, 5.74) is 1.15. The first-order chi connectivity index (χ1) is 10.7. The highest BCUT2D eigenvalue weighted by Crippen LogP contribution is 2.19. The molecule has 1 heterocycles. The third kappa shape index (κ3) is 5.02. The van der Waals surface area contributed by atoms with E-state index in [1.807, 2.05) is 25.1 Å². The molecule has 1 aliphatic heterocycles. The number of nitrogens with zero attached hydrogens (tertiary/aromatic N) is 1. The number of carbonyl (C=O) groups excluding carboxylic acids is 1. The summed E-state index contributed by atoms with van der Waals surface area (Å²) in [7, 11) is 2.12. The van der Waals surface area contributed by atoms with Crippen LogP contribution in [0.4, 0.5) is 0 Å². The largest absolute Gasteiger partial charge is 0.494 e. The first-order valence-electron chi connectivity index (χ1n) is 8.38. The van der Waals surface area contributed by atoms with Crippen LogP contribution in [0.25, 0.3) is 0 Å². The average Bonchev–Trinajstić information content (AvgIpc) is 2.51. The van der Waals surface area contributed by atoms with Crippen molar-refractivity contribution in [2.45, 2.75) is 45.1 Å². The monoisotopic (exact) mass is 304 g/mol. The molecule has 1 saturated heterocycles. The van der Waals surface area contributed by atoms with Crippen LogP contribution in [0.1, 0.15) is 38.2 Å². The molecule has 22 heavy (non-hydrogen) atoms. The average molecular weight is 304 g/mol. The maximum absolute atomic E-state index is 12.1. The molecule has 122 valence electrons. The highest BCUT2D eigenvalue weighted by atomic mass is 16.5. The van der Waals surface area contributed by atoms with Gasteiger partial charge in [0, 0.05) is 19.0 Å². The van der Waals surface area contributed by atoms with Gasteiger partial charge in [0.15, 0.2) is 0 Å². The van der Waals surface area contributed by atoms with E-state index in [0.29, 0.717) is 25.6 Å². The van der Waals surface area contributed by atoms with E-state index in [9.17, 15) is 4.79 Å². The Kier molecular flexibility index (Phi) is 6.72. The van der Waals surface area contributed by atoms with E-state index in [1.54, 1.807) is 0 Å². The molecule has 0 aliphatic carbocycles. The van der Waals surface area contributed by atoms with Crippen molar-refractivity contribution in [3.05, 3.63) is 29.8 Å². The number of carbonyl (C=O) groups is 1. The summed E-state index contributed by atoms with van der Waals surface area (Å²) < 4.78 is 5.61. The van der Waals surface area contributed by atoms with Gasteiger partial charge in [0.25, 0.3) is 0 Å². The fourth-order valence-electron chi connectivity index (χ4n) is 3.03. The third-order valence-corrected chi connectivity index (χ3v) is 4.33. The zero-order valence-electron chi connectivity index (χ0n) is 13.8. The summed E-state index contributed by atoms with van der Waals surface area (Å²) in [6.07, 6.45) is 5.05. The molecule has 4 heteroatoms. The summed E-state index contributed by atoms with van der Waals surface area (Å²) in [6, 6.07) is 8.44. The van der Waals surface area contributed by atoms with Crippen molar-refractivity contribution in [3.63, 3.8) is 0 Å². The summed E-state index contributed by atoms with van der Waals surface area (Å²) >= 11 is 0. The Morgan fingerprint density at radius 1 is 1.36 bits per heavy atom. The second-order valence-corrected chi connectivity index (χ2v) is 5.98. The molecule has 2 rings (SSSR count). The van der Waals surface area contributed by atoms with Gasteiger partial charge in [0.05, 0.1) is 6.61 Å². The number of ether oxygens (including phenoxy) is 1. The van der Waals surface area contributed by atoms with Gasteiger partial charge in [-0.15, -0.1) is 0 Å². The lowest BCUT2D eigenvalue weighted by Crippen LogP contribution is -2.40. The van der Waals surface area contributed by atoms with E-state index < -0.39 is 0 Å². The van der Waals surface area contributed by atoms with Crippen molar-refractivity contribution < 1.29 is 9.53 Å². The van der Waals surface area contributed by atoms with Gasteiger partial charge in [-0.25, -0.2) is 0 Å². The quantitative estimate of drug-likeness (QED) is 0.842. The molecule has 0 saturated carbocycles. The molecule has 0 aromatic heterocycles. The van der Waals surface area contributed by atoms with Crippen LogP contribution in [0.5, 0.6) is 5.75 Å². The molecular formula is C18H28N2O2. The zero-order valence-corrected chi connectivity index (χ0v) is 13.8. The van der Waals surface area contributed by atoms with Gasteiger partial charge >= 0.3 is 0 Å². The normalized spacial score (nSPS) is 18.9. The van der Waals surface area contributed by atoms with E-state index in [-0.39, 0.29) is 5.91 Å². The fourth-order valence-corrected chi connectivity index (χ4v) is 3.03. The maximum Gasteiger partial charge on any atom is 0.221 e. The smallest absolute Gasteiger partial charge is 0.221 e. The molecule has 0 spiro atoms. The van der Waals surface area contributed by atoms with Gasteiger partial charge in [-0.05, 0) is 51.4 Å². The first-order valence-corrected chi connectivity index (χ1v) is 8.38. The predicted molar refractivity (Wildman–Crippen MR) is 89.2 cm³/mol. The number of rotatable bonds is 7. The third-order valence-electron chi connectivity index (χ3n) is 4.33. The summed E-state index contributed by atoms with van der Waals surface area (Å²) in [6.45, 7) is 4.43. The molecule has 1 aliphatic rings. The predicted octanol–water partition coefficient (Wildman–Crippen LogP) is 2.62. The zero-order chi connectivity index (χ0) is 15.8. The Balaban J connectivity index is 1.75. The number of hydrogen-bond donors (Lipinski definition) is 1. The number of nitrogens with one attached hydrogen (secondary N) is 1. The summed E-state index contributed by atoms with van der Waals surface area (Å²) in [4.78, 5) is 14.4. The molecule has 1 aromatic carbocycles. The van der Waals surface area contributed by atoms with E-state index in [0.717, 1.165) is 30.7 Å². The topological polar surface area (TPSA) is 41.6 Å². The molecule has 1 N–H and O–H groups in total. The molecule has 1 amide bonds. The van der Waals surface area contributed by atoms with E-state index in [1.165, 1.54) is 12.8 Å². The Bertz CT molecular complexity index is 476. The SMILES string of the molecule is CCOc1ccccc1CCNC(=O)CC1CCCCN1C. The lowest BCUT2D eigenvalue weighted by Gasteiger charge is -2.31. The number of likely N-dealkylation sites (tertiary alicyclic amines) is 1. The van der Waals surface area contributed by atoms with Gasteiger partial charge in [-0.3, -0.25) is 4.79 Å². The van der Waals surface area contributed by atoms with Crippen LogP contribution in [0.2, 0.25) is 0 Å². The van der Waals surface area contributed by atoms with Crippen LogP contribution in [-0.2, 0) is 11.2 Å². The fraction of sp³-hybridized carbons (Fsp3) is 0.611. The number of piperidine rings is 1. The van der Waals surface area contributed by atoms with E-state index >= 15 is 0 Å². The van der Waals surface area contributed by atoms with Crippen molar-refractivity contribution >= 4 is 5.91 Å². The lowest BCUT2D eigenvalue weighted by atomic mass is 10.00. The van der Waals surface area contributed by atoms with E-state index in [4.69, 9.17) is 4.74 Å². The van der Waals surface area contributed by atoms with Crippen molar-refractivity contribution in [1.29, 1.82) is 0 Å². The number of benzene rings is 1. The standard InChI is InChI=1S/C18H28N2O2/c1-3-22-17-10-5-4-8-15(17)11-12-19-18(21)14-16-9-6-7-13-20(16)2/h4-5,8,10,16H,3,6-7,9,11-14H2,1-2H3,(H,19,21).